The normalized spacial score (nSPS) is 11.2. The Hall–Kier alpha value is -2.13. The fourth-order valence-corrected chi connectivity index (χ4v) is 2.35. The number of anilines is 1. The van der Waals surface area contributed by atoms with Crippen molar-refractivity contribution in [2.24, 2.45) is 0 Å². The predicted molar refractivity (Wildman–Crippen MR) is 76.6 cm³/mol. The summed E-state index contributed by atoms with van der Waals surface area (Å²) in [5.74, 6) is -1.02. The zero-order chi connectivity index (χ0) is 16.0. The van der Waals surface area contributed by atoms with Crippen molar-refractivity contribution in [3.05, 3.63) is 24.3 Å². The van der Waals surface area contributed by atoms with Crippen LogP contribution in [0.3, 0.4) is 0 Å². The number of carboxylic acid groups (broad SMARTS) is 1. The van der Waals surface area contributed by atoms with Gasteiger partial charge < -0.3 is 15.7 Å². The number of nitrogens with zero attached hydrogens (tertiary/aromatic N) is 1. The molecule has 0 heterocycles. The summed E-state index contributed by atoms with van der Waals surface area (Å²) in [6.45, 7) is -0.0170. The van der Waals surface area contributed by atoms with E-state index in [-0.39, 0.29) is 17.9 Å². The van der Waals surface area contributed by atoms with E-state index in [4.69, 9.17) is 5.11 Å². The van der Waals surface area contributed by atoms with Gasteiger partial charge in [0, 0.05) is 26.3 Å². The van der Waals surface area contributed by atoms with Gasteiger partial charge in [0.1, 0.15) is 0 Å². The molecule has 116 valence electrons. The molecule has 0 saturated heterocycles. The molecule has 0 aliphatic rings. The number of carbonyl (C=O) groups is 2. The SMILES string of the molecule is CN(C)S(=O)(=O)c1cccc(NC(=O)NCCC(=O)O)c1. The lowest BCUT2D eigenvalue weighted by molar-refractivity contribution is -0.136. The van der Waals surface area contributed by atoms with Gasteiger partial charge in [-0.15, -0.1) is 0 Å². The van der Waals surface area contributed by atoms with Crippen LogP contribution in [0.15, 0.2) is 29.2 Å². The van der Waals surface area contributed by atoms with Crippen molar-refractivity contribution in [1.29, 1.82) is 0 Å². The Labute approximate surface area is 122 Å². The minimum atomic E-state index is -3.58. The van der Waals surface area contributed by atoms with E-state index in [1.807, 2.05) is 0 Å². The second-order valence-corrected chi connectivity index (χ2v) is 6.49. The molecule has 8 nitrogen and oxygen atoms in total. The average molecular weight is 315 g/mol. The van der Waals surface area contributed by atoms with Crippen molar-refractivity contribution >= 4 is 27.7 Å². The lowest BCUT2D eigenvalue weighted by Gasteiger charge is -2.12. The number of urea groups is 1. The third-order valence-corrected chi connectivity index (χ3v) is 4.31. The van der Waals surface area contributed by atoms with Crippen molar-refractivity contribution in [2.75, 3.05) is 26.0 Å². The molecule has 0 radical (unpaired) electrons. The third kappa shape index (κ3) is 5.04. The first-order chi connectivity index (χ1) is 9.73. The fourth-order valence-electron chi connectivity index (χ4n) is 1.40. The van der Waals surface area contributed by atoms with Gasteiger partial charge in [0.05, 0.1) is 11.3 Å². The number of hydrogen-bond acceptors (Lipinski definition) is 4. The van der Waals surface area contributed by atoms with Gasteiger partial charge in [0.2, 0.25) is 10.0 Å². The number of nitrogens with one attached hydrogen (secondary N) is 2. The number of aliphatic carboxylic acids is 1. The summed E-state index contributed by atoms with van der Waals surface area (Å²) in [7, 11) is -0.758. The largest absolute Gasteiger partial charge is 0.481 e. The van der Waals surface area contributed by atoms with Crippen molar-refractivity contribution < 1.29 is 23.1 Å². The van der Waals surface area contributed by atoms with E-state index in [1.165, 1.54) is 38.4 Å². The third-order valence-electron chi connectivity index (χ3n) is 2.49. The van der Waals surface area contributed by atoms with Gasteiger partial charge in [0.15, 0.2) is 0 Å². The Morgan fingerprint density at radius 2 is 1.95 bits per heavy atom. The molecule has 9 heteroatoms. The molecule has 0 atom stereocenters. The van der Waals surface area contributed by atoms with Crippen LogP contribution in [0, 0.1) is 0 Å². The van der Waals surface area contributed by atoms with Crippen molar-refractivity contribution in [1.82, 2.24) is 9.62 Å². The molecule has 21 heavy (non-hydrogen) atoms. The van der Waals surface area contributed by atoms with E-state index in [9.17, 15) is 18.0 Å². The number of benzene rings is 1. The lowest BCUT2D eigenvalue weighted by Crippen LogP contribution is -2.30. The molecule has 1 aromatic rings. The Morgan fingerprint density at radius 1 is 1.29 bits per heavy atom. The van der Waals surface area contributed by atoms with Crippen LogP contribution >= 0.6 is 0 Å². The van der Waals surface area contributed by atoms with E-state index in [0.717, 1.165) is 4.31 Å². The summed E-state index contributed by atoms with van der Waals surface area (Å²) in [6.07, 6.45) is -0.192. The average Bonchev–Trinajstić information content (AvgIpc) is 2.38. The fraction of sp³-hybridized carbons (Fsp3) is 0.333. The topological polar surface area (TPSA) is 116 Å². The summed E-state index contributed by atoms with van der Waals surface area (Å²) in [6, 6.07) is 5.18. The highest BCUT2D eigenvalue weighted by atomic mass is 32.2. The highest BCUT2D eigenvalue weighted by Crippen LogP contribution is 2.17. The predicted octanol–water partition coefficient (Wildman–Crippen LogP) is 0.533. The van der Waals surface area contributed by atoms with Crippen molar-refractivity contribution in [3.63, 3.8) is 0 Å². The first kappa shape index (κ1) is 16.9. The quantitative estimate of drug-likeness (QED) is 0.708. The molecular formula is C12H17N3O5S. The molecule has 0 aliphatic heterocycles. The summed E-state index contributed by atoms with van der Waals surface area (Å²) < 4.78 is 25.0. The van der Waals surface area contributed by atoms with E-state index >= 15 is 0 Å². The number of carbonyl (C=O) groups excluding carboxylic acids is 1. The van der Waals surface area contributed by atoms with E-state index in [2.05, 4.69) is 10.6 Å². The smallest absolute Gasteiger partial charge is 0.319 e. The van der Waals surface area contributed by atoms with Crippen LogP contribution in [0.5, 0.6) is 0 Å². The minimum absolute atomic E-state index is 0.0170. The van der Waals surface area contributed by atoms with Crippen LogP contribution in [-0.4, -0.2) is 50.5 Å². The molecule has 3 N–H and O–H groups in total. The molecule has 0 spiro atoms. The van der Waals surface area contributed by atoms with Gasteiger partial charge in [-0.3, -0.25) is 4.79 Å². The summed E-state index contributed by atoms with van der Waals surface area (Å²) in [5, 5.41) is 13.2. The summed E-state index contributed by atoms with van der Waals surface area (Å²) >= 11 is 0. The zero-order valence-corrected chi connectivity index (χ0v) is 12.5. The van der Waals surface area contributed by atoms with Gasteiger partial charge in [-0.1, -0.05) is 6.07 Å². The second-order valence-electron chi connectivity index (χ2n) is 4.34. The van der Waals surface area contributed by atoms with Crippen LogP contribution < -0.4 is 10.6 Å². The summed E-state index contributed by atoms with van der Waals surface area (Å²) in [5.41, 5.74) is 0.297. The molecule has 0 fully saturated rings. The highest BCUT2D eigenvalue weighted by molar-refractivity contribution is 7.89. The van der Waals surface area contributed by atoms with Crippen LogP contribution in [0.25, 0.3) is 0 Å². The van der Waals surface area contributed by atoms with Crippen LogP contribution in [-0.2, 0) is 14.8 Å². The van der Waals surface area contributed by atoms with Gasteiger partial charge >= 0.3 is 12.0 Å². The van der Waals surface area contributed by atoms with E-state index in [0.29, 0.717) is 5.69 Å². The number of rotatable bonds is 6. The molecule has 0 unspecified atom stereocenters. The van der Waals surface area contributed by atoms with Gasteiger partial charge in [-0.05, 0) is 18.2 Å². The van der Waals surface area contributed by atoms with Crippen LogP contribution in [0.2, 0.25) is 0 Å². The molecule has 0 bridgehead atoms. The van der Waals surface area contributed by atoms with Gasteiger partial charge in [0.25, 0.3) is 0 Å². The van der Waals surface area contributed by atoms with Crippen LogP contribution in [0.4, 0.5) is 10.5 Å². The van der Waals surface area contributed by atoms with E-state index in [1.54, 1.807) is 0 Å². The second kappa shape index (κ2) is 7.04. The molecule has 1 rings (SSSR count). The molecule has 1 aromatic carbocycles. The van der Waals surface area contributed by atoms with Crippen LogP contribution in [0.1, 0.15) is 6.42 Å². The maximum atomic E-state index is 11.9. The van der Waals surface area contributed by atoms with Gasteiger partial charge in [-0.25, -0.2) is 17.5 Å². The maximum absolute atomic E-state index is 11.9. The number of hydrogen-bond donors (Lipinski definition) is 3. The Morgan fingerprint density at radius 3 is 2.52 bits per heavy atom. The number of amides is 2. The number of carboxylic acids is 1. The number of sulfonamides is 1. The molecule has 0 saturated carbocycles. The standard InChI is InChI=1S/C12H17N3O5S/c1-15(2)21(19,20)10-5-3-4-9(8-10)14-12(18)13-7-6-11(16)17/h3-5,8H,6-7H2,1-2H3,(H,16,17)(H2,13,14,18). The minimum Gasteiger partial charge on any atom is -0.481 e. The zero-order valence-electron chi connectivity index (χ0n) is 11.7. The van der Waals surface area contributed by atoms with Gasteiger partial charge in [-0.2, -0.15) is 0 Å². The molecule has 0 aromatic heterocycles. The highest BCUT2D eigenvalue weighted by Gasteiger charge is 2.17. The molecule has 2 amide bonds. The molecule has 0 aliphatic carbocycles. The maximum Gasteiger partial charge on any atom is 0.319 e. The van der Waals surface area contributed by atoms with E-state index < -0.39 is 22.0 Å². The van der Waals surface area contributed by atoms with Crippen molar-refractivity contribution in [3.8, 4) is 0 Å². The Bertz CT molecular complexity index is 628. The monoisotopic (exact) mass is 315 g/mol. The summed E-state index contributed by atoms with van der Waals surface area (Å²) in [4.78, 5) is 21.9. The first-order valence-electron chi connectivity index (χ1n) is 6.02. The Balaban J connectivity index is 2.73. The lowest BCUT2D eigenvalue weighted by atomic mass is 10.3. The first-order valence-corrected chi connectivity index (χ1v) is 7.46. The molecular weight excluding hydrogens is 298 g/mol. The van der Waals surface area contributed by atoms with Crippen molar-refractivity contribution in [2.45, 2.75) is 11.3 Å². The Kier molecular flexibility index (Phi) is 5.68.